The molecule has 7 heteroatoms. The summed E-state index contributed by atoms with van der Waals surface area (Å²) in [4.78, 5) is 20.7. The molecule has 31 heavy (non-hydrogen) atoms. The predicted octanol–water partition coefficient (Wildman–Crippen LogP) is 5.81. The highest BCUT2D eigenvalue weighted by Crippen LogP contribution is 2.34. The Bertz CT molecular complexity index is 1120. The van der Waals surface area contributed by atoms with Crippen molar-refractivity contribution in [1.29, 1.82) is 0 Å². The average molecular weight is 433 g/mol. The minimum Gasteiger partial charge on any atom is -0.327 e. The number of hydrogen-bond acceptors (Lipinski definition) is 6. The molecule has 1 aliphatic heterocycles. The first-order valence-corrected chi connectivity index (χ1v) is 10.8. The highest BCUT2D eigenvalue weighted by Gasteiger charge is 2.20. The summed E-state index contributed by atoms with van der Waals surface area (Å²) in [6, 6.07) is 13.6. The van der Waals surface area contributed by atoms with Gasteiger partial charge in [0.05, 0.1) is 5.69 Å². The van der Waals surface area contributed by atoms with Crippen LogP contribution in [0.3, 0.4) is 0 Å². The van der Waals surface area contributed by atoms with Gasteiger partial charge in [-0.1, -0.05) is 44.2 Å². The first kappa shape index (κ1) is 21.0. The van der Waals surface area contributed by atoms with Gasteiger partial charge in [-0.25, -0.2) is 15.0 Å². The van der Waals surface area contributed by atoms with E-state index in [1.807, 2.05) is 48.7 Å². The maximum Gasteiger partial charge on any atom is 0.160 e. The van der Waals surface area contributed by atoms with Crippen LogP contribution in [0.1, 0.15) is 31.8 Å². The van der Waals surface area contributed by atoms with Crippen LogP contribution in [0.4, 0.5) is 17.3 Å². The molecule has 1 aliphatic rings. The van der Waals surface area contributed by atoms with Gasteiger partial charge in [0.15, 0.2) is 5.82 Å². The van der Waals surface area contributed by atoms with E-state index in [4.69, 9.17) is 16.6 Å². The Labute approximate surface area is 187 Å². The highest BCUT2D eigenvalue weighted by atomic mass is 35.5. The summed E-state index contributed by atoms with van der Waals surface area (Å²) in [5, 5.41) is 4.04. The summed E-state index contributed by atoms with van der Waals surface area (Å²) >= 11 is 6.19. The quantitative estimate of drug-likeness (QED) is 0.532. The van der Waals surface area contributed by atoms with E-state index < -0.39 is 0 Å². The number of aliphatic imine (C=N–C) groups is 1. The van der Waals surface area contributed by atoms with E-state index in [2.05, 4.69) is 45.6 Å². The normalized spacial score (nSPS) is 12.9. The molecule has 3 heterocycles. The maximum atomic E-state index is 6.19. The van der Waals surface area contributed by atoms with E-state index in [1.54, 1.807) is 0 Å². The molecular formula is C24H25ClN6. The van der Waals surface area contributed by atoms with Gasteiger partial charge in [-0.2, -0.15) is 0 Å². The molecule has 0 spiro atoms. The van der Waals surface area contributed by atoms with Crippen molar-refractivity contribution in [1.82, 2.24) is 15.0 Å². The van der Waals surface area contributed by atoms with E-state index in [-0.39, 0.29) is 0 Å². The predicted molar refractivity (Wildman–Crippen MR) is 128 cm³/mol. The molecule has 158 valence electrons. The Kier molecular flexibility index (Phi) is 6.28. The average Bonchev–Trinajstić information content (AvgIpc) is 3.00. The Morgan fingerprint density at radius 2 is 1.97 bits per heavy atom. The zero-order valence-corrected chi connectivity index (χ0v) is 18.5. The van der Waals surface area contributed by atoms with Crippen LogP contribution in [0.5, 0.6) is 0 Å². The smallest absolute Gasteiger partial charge is 0.160 e. The van der Waals surface area contributed by atoms with Gasteiger partial charge in [0.25, 0.3) is 0 Å². The molecule has 1 aromatic carbocycles. The number of nitrogens with zero attached hydrogens (tertiary/aromatic N) is 5. The largest absolute Gasteiger partial charge is 0.327 e. The fourth-order valence-corrected chi connectivity index (χ4v) is 3.63. The third-order valence-electron chi connectivity index (χ3n) is 5.04. The zero-order chi connectivity index (χ0) is 21.8. The summed E-state index contributed by atoms with van der Waals surface area (Å²) in [7, 11) is 0. The molecule has 0 unspecified atom stereocenters. The molecule has 0 saturated carbocycles. The lowest BCUT2D eigenvalue weighted by atomic mass is 10.1. The van der Waals surface area contributed by atoms with Gasteiger partial charge < -0.3 is 10.2 Å². The van der Waals surface area contributed by atoms with E-state index in [0.717, 1.165) is 59.4 Å². The van der Waals surface area contributed by atoms with Crippen molar-refractivity contribution >= 4 is 35.1 Å². The molecule has 0 radical (unpaired) electrons. The number of rotatable bonds is 6. The standard InChI is InChI=1S/C24H25ClN6/c1-4-19-15-23(30-22(5-2)28-19)27-16(3)31-13-7-12-26-21-11-10-20(29-24(21)31)17-8-6-9-18(25)14-17/h6,8-12,14-15H,3-5,7,13H2,1-2H3,(H,27,28,30). The summed E-state index contributed by atoms with van der Waals surface area (Å²) in [6.45, 7) is 9.13. The van der Waals surface area contributed by atoms with Crippen LogP contribution >= 0.6 is 11.6 Å². The number of benzene rings is 1. The molecule has 0 bridgehead atoms. The second-order valence-corrected chi connectivity index (χ2v) is 7.68. The molecule has 6 nitrogen and oxygen atoms in total. The van der Waals surface area contributed by atoms with Crippen molar-refractivity contribution in [3.8, 4) is 11.3 Å². The molecule has 3 aromatic rings. The van der Waals surface area contributed by atoms with Crippen LogP contribution in [-0.2, 0) is 12.8 Å². The monoisotopic (exact) mass is 432 g/mol. The Balaban J connectivity index is 1.67. The zero-order valence-electron chi connectivity index (χ0n) is 17.8. The molecule has 1 N–H and O–H groups in total. The van der Waals surface area contributed by atoms with E-state index >= 15 is 0 Å². The fraction of sp³-hybridized carbons (Fsp3) is 0.250. The maximum absolute atomic E-state index is 6.19. The minimum atomic E-state index is 0.678. The number of pyridine rings is 1. The van der Waals surface area contributed by atoms with Crippen molar-refractivity contribution < 1.29 is 0 Å². The summed E-state index contributed by atoms with van der Waals surface area (Å²) < 4.78 is 0. The minimum absolute atomic E-state index is 0.678. The number of nitrogens with one attached hydrogen (secondary N) is 1. The van der Waals surface area contributed by atoms with E-state index in [9.17, 15) is 0 Å². The first-order chi connectivity index (χ1) is 15.1. The van der Waals surface area contributed by atoms with Crippen LogP contribution in [-0.4, -0.2) is 27.7 Å². The van der Waals surface area contributed by atoms with Crippen molar-refractivity contribution in [2.24, 2.45) is 4.99 Å². The van der Waals surface area contributed by atoms with Gasteiger partial charge in [0.2, 0.25) is 0 Å². The van der Waals surface area contributed by atoms with E-state index in [1.165, 1.54) is 0 Å². The molecule has 2 aromatic heterocycles. The molecule has 0 aliphatic carbocycles. The lowest BCUT2D eigenvalue weighted by molar-refractivity contribution is 0.878. The fourth-order valence-electron chi connectivity index (χ4n) is 3.44. The van der Waals surface area contributed by atoms with Gasteiger partial charge >= 0.3 is 0 Å². The van der Waals surface area contributed by atoms with Gasteiger partial charge in [-0.05, 0) is 30.7 Å². The molecular weight excluding hydrogens is 408 g/mol. The molecule has 0 atom stereocenters. The van der Waals surface area contributed by atoms with Crippen molar-refractivity contribution in [3.63, 3.8) is 0 Å². The van der Waals surface area contributed by atoms with Crippen molar-refractivity contribution in [2.45, 2.75) is 33.1 Å². The van der Waals surface area contributed by atoms with Crippen LogP contribution in [0.15, 0.2) is 59.9 Å². The number of anilines is 2. The highest BCUT2D eigenvalue weighted by molar-refractivity contribution is 6.30. The third kappa shape index (κ3) is 4.75. The van der Waals surface area contributed by atoms with Crippen molar-refractivity contribution in [3.05, 3.63) is 71.4 Å². The Morgan fingerprint density at radius 3 is 2.74 bits per heavy atom. The molecule has 0 saturated heterocycles. The number of aromatic nitrogens is 3. The van der Waals surface area contributed by atoms with Gasteiger partial charge in [0.1, 0.15) is 23.2 Å². The SMILES string of the molecule is C=C(Nc1cc(CC)nc(CC)n1)N1CCC=Nc2ccc(-c3cccc(Cl)c3)nc21. The second kappa shape index (κ2) is 9.27. The molecule has 4 rings (SSSR count). The number of halogens is 1. The third-order valence-corrected chi connectivity index (χ3v) is 5.28. The number of aryl methyl sites for hydroxylation is 2. The summed E-state index contributed by atoms with van der Waals surface area (Å²) in [5.41, 5.74) is 3.60. The van der Waals surface area contributed by atoms with Crippen LogP contribution < -0.4 is 10.2 Å². The van der Waals surface area contributed by atoms with Gasteiger partial charge in [-0.15, -0.1) is 0 Å². The lowest BCUT2D eigenvalue weighted by Gasteiger charge is -2.26. The molecule has 0 fully saturated rings. The van der Waals surface area contributed by atoms with Crippen molar-refractivity contribution in [2.75, 3.05) is 16.8 Å². The second-order valence-electron chi connectivity index (χ2n) is 7.24. The van der Waals surface area contributed by atoms with Crippen LogP contribution in [0, 0.1) is 0 Å². The van der Waals surface area contributed by atoms with Gasteiger partial charge in [0, 0.05) is 47.9 Å². The summed E-state index contributed by atoms with van der Waals surface area (Å²) in [6.07, 6.45) is 4.33. The summed E-state index contributed by atoms with van der Waals surface area (Å²) in [5.74, 6) is 3.01. The molecule has 0 amide bonds. The lowest BCUT2D eigenvalue weighted by Crippen LogP contribution is -2.28. The number of fused-ring (bicyclic) bond motifs is 1. The Hall–Kier alpha value is -3.25. The Morgan fingerprint density at radius 1 is 1.10 bits per heavy atom. The first-order valence-electron chi connectivity index (χ1n) is 10.5. The topological polar surface area (TPSA) is 66.3 Å². The number of hydrogen-bond donors (Lipinski definition) is 1. The van der Waals surface area contributed by atoms with Gasteiger partial charge in [-0.3, -0.25) is 4.99 Å². The van der Waals surface area contributed by atoms with E-state index in [0.29, 0.717) is 17.4 Å². The van der Waals surface area contributed by atoms with Crippen LogP contribution in [0.25, 0.3) is 11.3 Å². The van der Waals surface area contributed by atoms with Crippen LogP contribution in [0.2, 0.25) is 5.02 Å².